The van der Waals surface area contributed by atoms with Crippen molar-refractivity contribution in [2.75, 3.05) is 0 Å². The highest BCUT2D eigenvalue weighted by molar-refractivity contribution is 5.70. The topological polar surface area (TPSA) is 62.2 Å². The molecule has 0 bridgehead atoms. The Morgan fingerprint density at radius 2 is 2.33 bits per heavy atom. The highest BCUT2D eigenvalue weighted by atomic mass is 16.4. The van der Waals surface area contributed by atoms with Crippen LogP contribution in [-0.2, 0) is 11.3 Å². The number of hydrogen-bond donors (Lipinski definition) is 2. The van der Waals surface area contributed by atoms with Crippen molar-refractivity contribution in [1.29, 1.82) is 0 Å². The van der Waals surface area contributed by atoms with Gasteiger partial charge < -0.3 is 10.4 Å². The summed E-state index contributed by atoms with van der Waals surface area (Å²) in [4.78, 5) is 15.3. The number of carboxylic acid groups (broad SMARTS) is 1. The predicted octanol–water partition coefficient (Wildman–Crippen LogP) is 2.12. The van der Waals surface area contributed by atoms with Gasteiger partial charge in [-0.15, -0.1) is 0 Å². The molecule has 2 unspecified atom stereocenters. The zero-order valence-electron chi connectivity index (χ0n) is 10.7. The molecule has 1 aliphatic carbocycles. The molecule has 2 atom stereocenters. The summed E-state index contributed by atoms with van der Waals surface area (Å²) in [6, 6.07) is 4.37. The Kier molecular flexibility index (Phi) is 4.31. The van der Waals surface area contributed by atoms with Gasteiger partial charge in [0.15, 0.2) is 0 Å². The maximum Gasteiger partial charge on any atom is 0.306 e. The molecule has 1 aliphatic rings. The van der Waals surface area contributed by atoms with Crippen LogP contribution in [0.5, 0.6) is 0 Å². The van der Waals surface area contributed by atoms with Crippen molar-refractivity contribution < 1.29 is 9.90 Å². The minimum absolute atomic E-state index is 0.178. The van der Waals surface area contributed by atoms with Crippen LogP contribution in [-0.4, -0.2) is 22.1 Å². The van der Waals surface area contributed by atoms with Crippen LogP contribution >= 0.6 is 0 Å². The molecule has 98 valence electrons. The van der Waals surface area contributed by atoms with Crippen molar-refractivity contribution in [3.05, 3.63) is 29.6 Å². The molecular weight excluding hydrogens is 228 g/mol. The van der Waals surface area contributed by atoms with Gasteiger partial charge in [0.05, 0.1) is 11.6 Å². The summed E-state index contributed by atoms with van der Waals surface area (Å²) in [5, 5.41) is 12.4. The summed E-state index contributed by atoms with van der Waals surface area (Å²) in [6.07, 6.45) is 5.47. The summed E-state index contributed by atoms with van der Waals surface area (Å²) < 4.78 is 0. The zero-order valence-corrected chi connectivity index (χ0v) is 10.7. The number of hydrogen-bond acceptors (Lipinski definition) is 3. The Morgan fingerprint density at radius 3 is 3.00 bits per heavy atom. The van der Waals surface area contributed by atoms with Crippen molar-refractivity contribution >= 4 is 5.97 Å². The van der Waals surface area contributed by atoms with E-state index in [9.17, 15) is 4.79 Å². The largest absolute Gasteiger partial charge is 0.481 e. The molecule has 0 spiro atoms. The first-order valence-electron chi connectivity index (χ1n) is 6.53. The van der Waals surface area contributed by atoms with Gasteiger partial charge in [-0.2, -0.15) is 0 Å². The molecule has 0 amide bonds. The van der Waals surface area contributed by atoms with Crippen LogP contribution in [0.2, 0.25) is 0 Å². The Morgan fingerprint density at radius 1 is 1.50 bits per heavy atom. The fourth-order valence-electron chi connectivity index (χ4n) is 2.45. The quantitative estimate of drug-likeness (QED) is 0.856. The third-order valence-corrected chi connectivity index (χ3v) is 3.57. The van der Waals surface area contributed by atoms with E-state index in [1.807, 2.05) is 25.3 Å². The van der Waals surface area contributed by atoms with Crippen molar-refractivity contribution in [3.8, 4) is 0 Å². The van der Waals surface area contributed by atoms with E-state index in [0.717, 1.165) is 43.5 Å². The first-order valence-corrected chi connectivity index (χ1v) is 6.53. The summed E-state index contributed by atoms with van der Waals surface area (Å²) in [6.45, 7) is 2.74. The number of rotatable bonds is 4. The van der Waals surface area contributed by atoms with E-state index < -0.39 is 5.97 Å². The van der Waals surface area contributed by atoms with Crippen LogP contribution in [0, 0.1) is 12.8 Å². The normalized spacial score (nSPS) is 23.8. The Balaban J connectivity index is 1.82. The first kappa shape index (κ1) is 13.0. The Hall–Kier alpha value is -1.42. The van der Waals surface area contributed by atoms with Crippen LogP contribution in [0.25, 0.3) is 0 Å². The van der Waals surface area contributed by atoms with Crippen LogP contribution in [0.3, 0.4) is 0 Å². The number of carboxylic acids is 1. The van der Waals surface area contributed by atoms with E-state index in [4.69, 9.17) is 5.11 Å². The first-order chi connectivity index (χ1) is 8.65. The maximum atomic E-state index is 11.0. The highest BCUT2D eigenvalue weighted by Crippen LogP contribution is 2.24. The van der Waals surface area contributed by atoms with Gasteiger partial charge in [-0.1, -0.05) is 12.5 Å². The molecule has 18 heavy (non-hydrogen) atoms. The van der Waals surface area contributed by atoms with Gasteiger partial charge in [0, 0.05) is 18.8 Å². The lowest BCUT2D eigenvalue weighted by Crippen LogP contribution is -2.36. The van der Waals surface area contributed by atoms with E-state index in [2.05, 4.69) is 10.3 Å². The van der Waals surface area contributed by atoms with Gasteiger partial charge in [0.25, 0.3) is 0 Å². The molecule has 1 heterocycles. The Labute approximate surface area is 107 Å². The number of nitrogens with one attached hydrogen (secondary N) is 1. The van der Waals surface area contributed by atoms with Crippen molar-refractivity contribution in [1.82, 2.24) is 10.3 Å². The minimum Gasteiger partial charge on any atom is -0.481 e. The second-order valence-corrected chi connectivity index (χ2v) is 5.11. The lowest BCUT2D eigenvalue weighted by molar-refractivity contribution is -0.143. The van der Waals surface area contributed by atoms with Crippen molar-refractivity contribution in [3.63, 3.8) is 0 Å². The summed E-state index contributed by atoms with van der Waals surface area (Å²) in [7, 11) is 0. The SMILES string of the molecule is Cc1ccc(CNC2CCCC(C(=O)O)C2)nc1. The Bertz CT molecular complexity index is 403. The molecule has 2 rings (SSSR count). The standard InChI is InChI=1S/C14H20N2O2/c1-10-5-6-13(15-8-10)9-16-12-4-2-3-11(7-12)14(17)18/h5-6,8,11-12,16H,2-4,7,9H2,1H3,(H,17,18). The van der Waals surface area contributed by atoms with E-state index >= 15 is 0 Å². The third-order valence-electron chi connectivity index (χ3n) is 3.57. The number of aromatic nitrogens is 1. The summed E-state index contributed by atoms with van der Waals surface area (Å²) >= 11 is 0. The number of aryl methyl sites for hydroxylation is 1. The predicted molar refractivity (Wildman–Crippen MR) is 69.2 cm³/mol. The van der Waals surface area contributed by atoms with Crippen LogP contribution in [0.1, 0.15) is 36.9 Å². The smallest absolute Gasteiger partial charge is 0.306 e. The molecule has 1 aromatic heterocycles. The van der Waals surface area contributed by atoms with Gasteiger partial charge in [-0.3, -0.25) is 9.78 Å². The van der Waals surface area contributed by atoms with Gasteiger partial charge in [-0.05, 0) is 37.8 Å². The van der Waals surface area contributed by atoms with Crippen LogP contribution in [0.4, 0.5) is 0 Å². The average Bonchev–Trinajstić information content (AvgIpc) is 2.38. The van der Waals surface area contributed by atoms with E-state index in [1.165, 1.54) is 0 Å². The molecule has 0 aromatic carbocycles. The van der Waals surface area contributed by atoms with Gasteiger partial charge in [0.2, 0.25) is 0 Å². The van der Waals surface area contributed by atoms with E-state index in [1.54, 1.807) is 0 Å². The van der Waals surface area contributed by atoms with E-state index in [0.29, 0.717) is 6.04 Å². The fourth-order valence-corrected chi connectivity index (χ4v) is 2.45. The number of nitrogens with zero attached hydrogens (tertiary/aromatic N) is 1. The molecule has 4 nitrogen and oxygen atoms in total. The summed E-state index contributed by atoms with van der Waals surface area (Å²) in [5.74, 6) is -0.836. The second-order valence-electron chi connectivity index (χ2n) is 5.11. The molecule has 1 saturated carbocycles. The molecule has 1 fully saturated rings. The van der Waals surface area contributed by atoms with Gasteiger partial charge >= 0.3 is 5.97 Å². The zero-order chi connectivity index (χ0) is 13.0. The lowest BCUT2D eigenvalue weighted by Gasteiger charge is -2.27. The molecule has 0 radical (unpaired) electrons. The monoisotopic (exact) mass is 248 g/mol. The minimum atomic E-state index is -0.657. The molecule has 0 saturated heterocycles. The number of carbonyl (C=O) groups is 1. The van der Waals surface area contributed by atoms with Crippen LogP contribution in [0.15, 0.2) is 18.3 Å². The summed E-state index contributed by atoms with van der Waals surface area (Å²) in [5.41, 5.74) is 2.17. The molecule has 1 aromatic rings. The van der Waals surface area contributed by atoms with E-state index in [-0.39, 0.29) is 5.92 Å². The molecule has 0 aliphatic heterocycles. The second kappa shape index (κ2) is 5.96. The van der Waals surface area contributed by atoms with Gasteiger partial charge in [-0.25, -0.2) is 0 Å². The average molecular weight is 248 g/mol. The highest BCUT2D eigenvalue weighted by Gasteiger charge is 2.26. The maximum absolute atomic E-state index is 11.0. The van der Waals surface area contributed by atoms with Crippen molar-refractivity contribution in [2.45, 2.75) is 45.2 Å². The molecule has 2 N–H and O–H groups in total. The number of pyridine rings is 1. The molecular formula is C14H20N2O2. The van der Waals surface area contributed by atoms with Crippen LogP contribution < -0.4 is 5.32 Å². The van der Waals surface area contributed by atoms with Gasteiger partial charge in [0.1, 0.15) is 0 Å². The fraction of sp³-hybridized carbons (Fsp3) is 0.571. The third kappa shape index (κ3) is 3.53. The molecule has 4 heteroatoms. The van der Waals surface area contributed by atoms with Crippen molar-refractivity contribution in [2.24, 2.45) is 5.92 Å². The lowest BCUT2D eigenvalue weighted by atomic mass is 9.86. The number of aliphatic carboxylic acids is 1.